The number of nitrogens with one attached hydrogen (secondary N) is 3. The van der Waals surface area contributed by atoms with E-state index in [1.807, 2.05) is 36.5 Å². The molecule has 6 aliphatic heterocycles. The largest absolute Gasteiger partial charge is 0.497 e. The second kappa shape index (κ2) is 30.2. The first-order chi connectivity index (χ1) is 46.9. The number of methoxy groups -OCH3 is 3. The van der Waals surface area contributed by atoms with E-state index in [-0.39, 0.29) is 98.3 Å². The van der Waals surface area contributed by atoms with Crippen molar-refractivity contribution in [2.24, 2.45) is 9.98 Å². The fourth-order valence-electron chi connectivity index (χ4n) is 11.6. The van der Waals surface area contributed by atoms with Crippen LogP contribution in [0.4, 0.5) is 27.5 Å². The van der Waals surface area contributed by atoms with Crippen molar-refractivity contribution in [3.63, 3.8) is 0 Å². The first kappa shape index (κ1) is 67.5. The molecule has 7 amide bonds. The van der Waals surface area contributed by atoms with Crippen molar-refractivity contribution < 1.29 is 96.7 Å². The Hall–Kier alpha value is -10.9. The summed E-state index contributed by atoms with van der Waals surface area (Å²) < 4.78 is 45.7. The van der Waals surface area contributed by atoms with Gasteiger partial charge in [0.1, 0.15) is 36.4 Å². The number of carboxylic acids is 1. The van der Waals surface area contributed by atoms with Gasteiger partial charge in [-0.25, -0.2) is 9.59 Å². The standard InChI is InChI=1S/C69H70N8O20/c1-90-46-15-13-39(14-16-46)41-27-44-33-71-49-31-55(53(91-2)29-47(49)65(85)76(44)35-41)93-23-8-24-94-56-32-50-48(30-54(56)92-3)66(86)77-36-42(28-45(77)34-72-50)40-9-7-10-43(26-40)73-69(89)95-37-38-12-17-52(96-68-63(84)61(82)62(83)64(97-68)67(87)88)51(25-38)74-58(79)20-21-70-57(78)11-5-4-6-22-75-59(80)18-19-60(75)81/h7,9-10,12-19,25-26,29-36,44-45,61-64,68,82-84H,4-6,8,11,20-24,27-28,37H2,1-3H3,(H,70,78)(H,73,89)(H,74,79)(H,87,88)/t44-,45-,61?,62-,63?,64?,68+/m0/s1. The number of nitrogens with zero attached hydrogens (tertiary/aromatic N) is 5. The smallest absolute Gasteiger partial charge is 0.411 e. The number of imide groups is 1. The van der Waals surface area contributed by atoms with Crippen LogP contribution < -0.4 is 44.4 Å². The lowest BCUT2D eigenvalue weighted by Gasteiger charge is -2.38. The van der Waals surface area contributed by atoms with Gasteiger partial charge in [0.2, 0.25) is 18.1 Å². The van der Waals surface area contributed by atoms with Crippen LogP contribution in [-0.4, -0.2) is 185 Å². The molecule has 6 aliphatic rings. The number of benzene rings is 5. The van der Waals surface area contributed by atoms with Crippen molar-refractivity contribution in [2.75, 3.05) is 58.3 Å². The van der Waals surface area contributed by atoms with Crippen LogP contribution >= 0.6 is 0 Å². The van der Waals surface area contributed by atoms with Gasteiger partial charge >= 0.3 is 12.1 Å². The first-order valence-electron chi connectivity index (χ1n) is 31.2. The van der Waals surface area contributed by atoms with E-state index in [4.69, 9.17) is 47.9 Å². The predicted molar refractivity (Wildman–Crippen MR) is 348 cm³/mol. The Morgan fingerprint density at radius 3 is 1.86 bits per heavy atom. The van der Waals surface area contributed by atoms with Crippen molar-refractivity contribution >= 4 is 93.8 Å². The van der Waals surface area contributed by atoms with Gasteiger partial charge in [-0.05, 0) is 89.2 Å². The summed E-state index contributed by atoms with van der Waals surface area (Å²) in [6.45, 7) is 0.208. The average molecular weight is 1330 g/mol. The number of hydrogen-bond donors (Lipinski definition) is 7. The SMILES string of the molecule is COc1ccc(C2=CN3C(=O)c4cc(OC)c(OCCCOc5cc6c(cc5OC)C(=O)N5C=C(c7cccc(NC(=O)OCc8ccc(O[C@@H]9OC(C(=O)O)[C@@H](O)C(O)C9O)c(NC(=O)CCNC(=O)CCCCCN9C(=O)C=CC9=O)c8)c7)C[C@H]5C=N6)cc4N=C[C@@H]3C2)cc1. The third-order valence-electron chi connectivity index (χ3n) is 16.8. The molecule has 28 heteroatoms. The maximum Gasteiger partial charge on any atom is 0.411 e. The molecule has 97 heavy (non-hydrogen) atoms. The van der Waals surface area contributed by atoms with E-state index in [2.05, 4.69) is 16.0 Å². The van der Waals surface area contributed by atoms with E-state index in [1.54, 1.807) is 78.0 Å². The minimum atomic E-state index is -2.00. The summed E-state index contributed by atoms with van der Waals surface area (Å²) in [7, 11) is 4.59. The Balaban J connectivity index is 0.671. The number of carboxylic acid groups (broad SMARTS) is 1. The van der Waals surface area contributed by atoms with E-state index >= 15 is 0 Å². The molecule has 0 saturated carbocycles. The van der Waals surface area contributed by atoms with Gasteiger partial charge in [-0.2, -0.15) is 0 Å². The van der Waals surface area contributed by atoms with Crippen LogP contribution in [0.1, 0.15) is 88.8 Å². The highest BCUT2D eigenvalue weighted by atomic mass is 16.7. The number of carbonyl (C=O) groups is 8. The normalized spacial score (nSPS) is 20.5. The zero-order valence-electron chi connectivity index (χ0n) is 52.9. The molecule has 7 N–H and O–H groups in total. The Labute approximate surface area is 555 Å². The van der Waals surface area contributed by atoms with Gasteiger partial charge in [0.15, 0.2) is 29.1 Å². The minimum Gasteiger partial charge on any atom is -0.497 e. The van der Waals surface area contributed by atoms with Crippen LogP contribution in [0.15, 0.2) is 126 Å². The van der Waals surface area contributed by atoms with Gasteiger partial charge in [0.25, 0.3) is 23.6 Å². The molecule has 7 atom stereocenters. The summed E-state index contributed by atoms with van der Waals surface area (Å²) in [5.41, 5.74) is 5.58. The number of hydrogen-bond acceptors (Lipinski definition) is 21. The van der Waals surface area contributed by atoms with E-state index in [0.717, 1.165) is 27.4 Å². The zero-order valence-corrected chi connectivity index (χ0v) is 52.9. The summed E-state index contributed by atoms with van der Waals surface area (Å²) >= 11 is 0. The third-order valence-corrected chi connectivity index (χ3v) is 16.8. The van der Waals surface area contributed by atoms with Crippen LogP contribution in [0.2, 0.25) is 0 Å². The van der Waals surface area contributed by atoms with Crippen molar-refractivity contribution in [1.82, 2.24) is 20.0 Å². The summed E-state index contributed by atoms with van der Waals surface area (Å²) in [4.78, 5) is 117. The monoisotopic (exact) mass is 1330 g/mol. The molecule has 0 radical (unpaired) electrons. The van der Waals surface area contributed by atoms with Crippen LogP contribution in [-0.2, 0) is 40.1 Å². The molecule has 5 aromatic rings. The maximum absolute atomic E-state index is 14.3. The summed E-state index contributed by atoms with van der Waals surface area (Å²) in [5.74, 6) is -1.89. The van der Waals surface area contributed by atoms with Crippen molar-refractivity contribution in [3.8, 4) is 34.5 Å². The molecule has 0 aromatic heterocycles. The van der Waals surface area contributed by atoms with Crippen molar-refractivity contribution in [1.29, 1.82) is 0 Å². The molecule has 28 nitrogen and oxygen atoms in total. The molecule has 0 bridgehead atoms. The maximum atomic E-state index is 14.3. The van der Waals surface area contributed by atoms with Crippen molar-refractivity contribution in [2.45, 2.75) is 101 Å². The second-order valence-electron chi connectivity index (χ2n) is 23.2. The number of unbranched alkanes of at least 4 members (excludes halogenated alkanes) is 2. The first-order valence-corrected chi connectivity index (χ1v) is 31.2. The topological polar surface area (TPSA) is 362 Å². The number of aliphatic carboxylic acids is 1. The number of amides is 7. The highest BCUT2D eigenvalue weighted by molar-refractivity contribution is 6.13. The molecule has 0 aliphatic carbocycles. The third kappa shape index (κ3) is 15.6. The lowest BCUT2D eigenvalue weighted by Crippen LogP contribution is -2.61. The summed E-state index contributed by atoms with van der Waals surface area (Å²) in [6.07, 6.45) is 1.68. The Morgan fingerprint density at radius 1 is 0.619 bits per heavy atom. The molecule has 506 valence electrons. The molecule has 6 heterocycles. The number of carbonyl (C=O) groups excluding carboxylic acids is 7. The van der Waals surface area contributed by atoms with Gasteiger partial charge in [0.05, 0.1) is 74.8 Å². The quantitative estimate of drug-likeness (QED) is 0.0219. The second-order valence-corrected chi connectivity index (χ2v) is 23.2. The fraction of sp³-hybridized carbons (Fsp3) is 0.333. The predicted octanol–water partition coefficient (Wildman–Crippen LogP) is 6.45. The Morgan fingerprint density at radius 2 is 1.25 bits per heavy atom. The van der Waals surface area contributed by atoms with E-state index in [1.165, 1.54) is 44.6 Å². The van der Waals surface area contributed by atoms with Crippen LogP contribution in [0.3, 0.4) is 0 Å². The molecule has 11 rings (SSSR count). The number of aliphatic hydroxyl groups is 3. The van der Waals surface area contributed by atoms with Crippen LogP contribution in [0, 0.1) is 0 Å². The Bertz CT molecular complexity index is 4040. The highest BCUT2D eigenvalue weighted by Gasteiger charge is 2.48. The van der Waals surface area contributed by atoms with Gasteiger partial charge < -0.3 is 78.8 Å². The number of ether oxygens (including phenoxy) is 8. The molecule has 1 fully saturated rings. The Kier molecular flexibility index (Phi) is 21.0. The number of aliphatic imine (C=N–C) groups is 2. The number of aliphatic hydroxyl groups excluding tert-OH is 3. The molecular formula is C69H70N8O20. The minimum absolute atomic E-state index is 0.0620. The lowest BCUT2D eigenvalue weighted by atomic mass is 9.99. The summed E-state index contributed by atoms with van der Waals surface area (Å²) in [5, 5.41) is 49.0. The van der Waals surface area contributed by atoms with Crippen LogP contribution in [0.25, 0.3) is 11.1 Å². The van der Waals surface area contributed by atoms with Crippen molar-refractivity contribution in [3.05, 3.63) is 143 Å². The lowest BCUT2D eigenvalue weighted by molar-refractivity contribution is -0.271. The van der Waals surface area contributed by atoms with Gasteiger partial charge in [-0.15, -0.1) is 0 Å². The number of rotatable bonds is 27. The summed E-state index contributed by atoms with van der Waals surface area (Å²) in [6, 6.07) is 24.6. The van der Waals surface area contributed by atoms with Gasteiger partial charge in [-0.1, -0.05) is 36.8 Å². The van der Waals surface area contributed by atoms with E-state index in [0.29, 0.717) is 95.3 Å². The molecule has 5 aromatic carbocycles. The van der Waals surface area contributed by atoms with E-state index < -0.39 is 54.7 Å². The number of fused-ring (bicyclic) bond motifs is 4. The molecule has 0 spiro atoms. The average Bonchev–Trinajstić information content (AvgIpc) is 1.65. The molecular weight excluding hydrogens is 1260 g/mol. The number of anilines is 2. The fourth-order valence-corrected chi connectivity index (χ4v) is 11.6. The van der Waals surface area contributed by atoms with Gasteiger partial charge in [0, 0.05) is 100.0 Å². The van der Waals surface area contributed by atoms with Gasteiger partial charge in [-0.3, -0.25) is 49.0 Å². The van der Waals surface area contributed by atoms with Crippen LogP contribution in [0.5, 0.6) is 34.5 Å². The highest BCUT2D eigenvalue weighted by Crippen LogP contribution is 2.43. The molecule has 3 unspecified atom stereocenters. The molecule has 1 saturated heterocycles. The zero-order chi connectivity index (χ0) is 68.4. The van der Waals surface area contributed by atoms with E-state index in [9.17, 15) is 58.8 Å².